The first-order chi connectivity index (χ1) is 15.1. The molecule has 1 fully saturated rings. The van der Waals surface area contributed by atoms with Gasteiger partial charge in [-0.05, 0) is 49.6 Å². The number of carbonyl (C=O) groups is 1. The molecule has 2 aromatic rings. The van der Waals surface area contributed by atoms with E-state index in [0.717, 1.165) is 24.8 Å². The zero-order chi connectivity index (χ0) is 23.4. The van der Waals surface area contributed by atoms with E-state index >= 15 is 0 Å². The number of methoxy groups -OCH3 is 1. The molecule has 1 heterocycles. The van der Waals surface area contributed by atoms with Crippen LogP contribution >= 0.6 is 0 Å². The number of rotatable bonds is 8. The van der Waals surface area contributed by atoms with E-state index in [4.69, 9.17) is 4.74 Å². The smallest absolute Gasteiger partial charge is 0.307 e. The zero-order valence-corrected chi connectivity index (χ0v) is 19.8. The molecule has 1 aliphatic rings. The van der Waals surface area contributed by atoms with Crippen molar-refractivity contribution in [3.05, 3.63) is 59.7 Å². The van der Waals surface area contributed by atoms with Crippen LogP contribution in [0.25, 0.3) is 0 Å². The van der Waals surface area contributed by atoms with Crippen LogP contribution in [0, 0.1) is 6.92 Å². The number of hydrogen-bond donors (Lipinski definition) is 1. The molecule has 0 aromatic heterocycles. The highest BCUT2D eigenvalue weighted by atomic mass is 32.2. The van der Waals surface area contributed by atoms with Crippen LogP contribution in [0.4, 0.5) is 0 Å². The fraction of sp³-hybridized carbons (Fsp3) is 0.409. The fourth-order valence-electron chi connectivity index (χ4n) is 3.58. The summed E-state index contributed by atoms with van der Waals surface area (Å²) in [7, 11) is -6.44. The van der Waals surface area contributed by atoms with Gasteiger partial charge in [0.25, 0.3) is 0 Å². The summed E-state index contributed by atoms with van der Waals surface area (Å²) in [4.78, 5) is 11.8. The molecule has 0 aliphatic carbocycles. The van der Waals surface area contributed by atoms with Crippen LogP contribution in [0.1, 0.15) is 42.9 Å². The topological polar surface area (TPSA) is 110 Å². The number of esters is 1. The Morgan fingerprint density at radius 3 is 2.06 bits per heavy atom. The number of sulfonamides is 2. The normalized spacial score (nSPS) is 16.4. The molecule has 2 aromatic carbocycles. The molecule has 0 bridgehead atoms. The zero-order valence-electron chi connectivity index (χ0n) is 18.2. The Morgan fingerprint density at radius 2 is 1.50 bits per heavy atom. The molecule has 8 nitrogen and oxygen atoms in total. The molecule has 3 rings (SSSR count). The van der Waals surface area contributed by atoms with Gasteiger partial charge in [-0.1, -0.05) is 36.2 Å². The van der Waals surface area contributed by atoms with Gasteiger partial charge >= 0.3 is 5.97 Å². The molecule has 174 valence electrons. The molecule has 32 heavy (non-hydrogen) atoms. The summed E-state index contributed by atoms with van der Waals surface area (Å²) in [5.41, 5.74) is 1.62. The van der Waals surface area contributed by atoms with Crippen molar-refractivity contribution in [2.75, 3.05) is 20.2 Å². The second kappa shape index (κ2) is 10.1. The minimum Gasteiger partial charge on any atom is -0.469 e. The molecule has 0 saturated carbocycles. The standard InChI is InChI=1S/C22H28N2O6S2/c1-17-6-8-18(9-7-17)21(16-22(25)30-2)23-31(26,27)19-10-12-20(13-11-19)32(28,29)24-14-4-3-5-15-24/h6-13,21,23H,3-5,14-16H2,1-2H3. The van der Waals surface area contributed by atoms with Gasteiger partial charge in [-0.15, -0.1) is 0 Å². The summed E-state index contributed by atoms with van der Waals surface area (Å²) in [6, 6.07) is 11.5. The predicted molar refractivity (Wildman–Crippen MR) is 120 cm³/mol. The van der Waals surface area contributed by atoms with Crippen LogP contribution in [-0.4, -0.2) is 47.3 Å². The summed E-state index contributed by atoms with van der Waals surface area (Å²) in [5.74, 6) is -0.554. The molecule has 0 amide bonds. The Bertz CT molecular complexity index is 1140. The van der Waals surface area contributed by atoms with Crippen LogP contribution in [0.5, 0.6) is 0 Å². The maximum atomic E-state index is 13.0. The highest BCUT2D eigenvalue weighted by Gasteiger charge is 2.28. The molecule has 10 heteroatoms. The molecule has 1 aliphatic heterocycles. The number of nitrogens with zero attached hydrogens (tertiary/aromatic N) is 1. The fourth-order valence-corrected chi connectivity index (χ4v) is 6.32. The van der Waals surface area contributed by atoms with E-state index in [1.54, 1.807) is 12.1 Å². The minimum atomic E-state index is -4.02. The Hall–Kier alpha value is -2.27. The lowest BCUT2D eigenvalue weighted by atomic mass is 10.0. The number of ether oxygens (including phenoxy) is 1. The van der Waals surface area contributed by atoms with E-state index in [9.17, 15) is 21.6 Å². The lowest BCUT2D eigenvalue weighted by molar-refractivity contribution is -0.141. The van der Waals surface area contributed by atoms with Crippen molar-refractivity contribution in [3.63, 3.8) is 0 Å². The first-order valence-electron chi connectivity index (χ1n) is 10.4. The molecule has 1 saturated heterocycles. The van der Waals surface area contributed by atoms with Crippen molar-refractivity contribution in [1.82, 2.24) is 9.03 Å². The molecule has 1 N–H and O–H groups in total. The largest absolute Gasteiger partial charge is 0.469 e. The van der Waals surface area contributed by atoms with Gasteiger partial charge in [0.15, 0.2) is 0 Å². The van der Waals surface area contributed by atoms with E-state index in [1.807, 2.05) is 19.1 Å². The molecule has 0 radical (unpaired) electrons. The number of carbonyl (C=O) groups excluding carboxylic acids is 1. The van der Waals surface area contributed by atoms with E-state index < -0.39 is 32.1 Å². The van der Waals surface area contributed by atoms with Crippen LogP contribution < -0.4 is 4.72 Å². The van der Waals surface area contributed by atoms with Crippen molar-refractivity contribution in [2.45, 2.75) is 48.4 Å². The number of nitrogens with one attached hydrogen (secondary N) is 1. The SMILES string of the molecule is COC(=O)CC(NS(=O)(=O)c1ccc(S(=O)(=O)N2CCCCC2)cc1)c1ccc(C)cc1. The van der Waals surface area contributed by atoms with Gasteiger partial charge in [-0.2, -0.15) is 4.31 Å². The van der Waals surface area contributed by atoms with Crippen LogP contribution in [0.2, 0.25) is 0 Å². The van der Waals surface area contributed by atoms with E-state index in [1.165, 1.54) is 35.7 Å². The summed E-state index contributed by atoms with van der Waals surface area (Å²) in [6.07, 6.45) is 2.45. The number of benzene rings is 2. The average Bonchev–Trinajstić information content (AvgIpc) is 2.79. The van der Waals surface area contributed by atoms with Gasteiger partial charge in [0.1, 0.15) is 0 Å². The first kappa shape index (κ1) is 24.4. The third-order valence-electron chi connectivity index (χ3n) is 5.46. The maximum absolute atomic E-state index is 13.0. The minimum absolute atomic E-state index is 0.0583. The monoisotopic (exact) mass is 480 g/mol. The summed E-state index contributed by atoms with van der Waals surface area (Å²) in [6.45, 7) is 2.84. The third-order valence-corrected chi connectivity index (χ3v) is 8.86. The third kappa shape index (κ3) is 5.74. The van der Waals surface area contributed by atoms with Crippen molar-refractivity contribution in [3.8, 4) is 0 Å². The molecule has 0 spiro atoms. The Labute approximate surface area is 189 Å². The highest BCUT2D eigenvalue weighted by molar-refractivity contribution is 7.89. The maximum Gasteiger partial charge on any atom is 0.307 e. The number of aryl methyl sites for hydroxylation is 1. The average molecular weight is 481 g/mol. The summed E-state index contributed by atoms with van der Waals surface area (Å²) < 4.78 is 60.3. The van der Waals surface area contributed by atoms with Crippen molar-refractivity contribution < 1.29 is 26.4 Å². The second-order valence-corrected chi connectivity index (χ2v) is 11.5. The van der Waals surface area contributed by atoms with Gasteiger partial charge in [-0.3, -0.25) is 4.79 Å². The molecular weight excluding hydrogens is 452 g/mol. The number of piperidine rings is 1. The Kier molecular flexibility index (Phi) is 7.71. The summed E-state index contributed by atoms with van der Waals surface area (Å²) >= 11 is 0. The summed E-state index contributed by atoms with van der Waals surface area (Å²) in [5, 5.41) is 0. The lowest BCUT2D eigenvalue weighted by Gasteiger charge is -2.26. The highest BCUT2D eigenvalue weighted by Crippen LogP contribution is 2.24. The van der Waals surface area contributed by atoms with Gasteiger partial charge in [0.2, 0.25) is 20.0 Å². The van der Waals surface area contributed by atoms with Gasteiger partial charge in [-0.25, -0.2) is 21.6 Å². The van der Waals surface area contributed by atoms with Crippen molar-refractivity contribution >= 4 is 26.0 Å². The van der Waals surface area contributed by atoms with Gasteiger partial charge < -0.3 is 4.74 Å². The quantitative estimate of drug-likeness (QED) is 0.582. The van der Waals surface area contributed by atoms with E-state index in [0.29, 0.717) is 18.7 Å². The Morgan fingerprint density at radius 1 is 0.938 bits per heavy atom. The van der Waals surface area contributed by atoms with Gasteiger partial charge in [0.05, 0.1) is 29.4 Å². The van der Waals surface area contributed by atoms with Crippen LogP contribution in [0.3, 0.4) is 0 Å². The van der Waals surface area contributed by atoms with E-state index in [2.05, 4.69) is 4.72 Å². The molecule has 1 unspecified atom stereocenters. The Balaban J connectivity index is 1.83. The van der Waals surface area contributed by atoms with Gasteiger partial charge in [0, 0.05) is 13.1 Å². The van der Waals surface area contributed by atoms with Crippen LogP contribution in [0.15, 0.2) is 58.3 Å². The van der Waals surface area contributed by atoms with Crippen LogP contribution in [-0.2, 0) is 29.6 Å². The molecule has 1 atom stereocenters. The number of hydrogen-bond acceptors (Lipinski definition) is 6. The molecular formula is C22H28N2O6S2. The van der Waals surface area contributed by atoms with Crippen molar-refractivity contribution in [1.29, 1.82) is 0 Å². The first-order valence-corrected chi connectivity index (χ1v) is 13.3. The predicted octanol–water partition coefficient (Wildman–Crippen LogP) is 2.75. The van der Waals surface area contributed by atoms with E-state index in [-0.39, 0.29) is 16.2 Å². The van der Waals surface area contributed by atoms with Crippen molar-refractivity contribution in [2.24, 2.45) is 0 Å². The lowest BCUT2D eigenvalue weighted by Crippen LogP contribution is -2.35. The second-order valence-electron chi connectivity index (χ2n) is 7.80.